The SMILES string of the molecule is c1ccc(-c2cc(-c3cccc4ccccc34)nc(-c3cccc(-c4cc(-c5cccc(C67CCC(CC6)C7)c5)nc(-c5ccccc5)n4)c3)n2)cc1. The maximum absolute atomic E-state index is 5.24. The topological polar surface area (TPSA) is 51.6 Å². The molecule has 0 unspecified atom stereocenters. The van der Waals surface area contributed by atoms with Crippen LogP contribution in [0.4, 0.5) is 0 Å². The van der Waals surface area contributed by atoms with Crippen molar-refractivity contribution in [2.75, 3.05) is 0 Å². The first-order chi connectivity index (χ1) is 26.2. The third kappa shape index (κ3) is 5.90. The molecule has 2 heterocycles. The maximum atomic E-state index is 5.24. The van der Waals surface area contributed by atoms with Crippen LogP contribution < -0.4 is 0 Å². The summed E-state index contributed by atoms with van der Waals surface area (Å²) in [6.45, 7) is 0. The highest BCUT2D eigenvalue weighted by molar-refractivity contribution is 5.96. The van der Waals surface area contributed by atoms with E-state index >= 15 is 0 Å². The molecule has 8 aromatic rings. The van der Waals surface area contributed by atoms with Crippen LogP contribution in [0.15, 0.2) is 164 Å². The predicted octanol–water partition coefficient (Wildman–Crippen LogP) is 12.3. The average Bonchev–Trinajstić information content (AvgIpc) is 3.87. The second-order valence-corrected chi connectivity index (χ2v) is 14.8. The molecule has 2 bridgehead atoms. The molecule has 53 heavy (non-hydrogen) atoms. The third-order valence-corrected chi connectivity index (χ3v) is 11.5. The van der Waals surface area contributed by atoms with E-state index in [9.17, 15) is 0 Å². The first kappa shape index (κ1) is 31.5. The molecule has 0 aliphatic heterocycles. The Balaban J connectivity index is 1.11. The van der Waals surface area contributed by atoms with E-state index in [1.807, 2.05) is 24.3 Å². The van der Waals surface area contributed by atoms with Crippen molar-refractivity contribution in [3.05, 3.63) is 169 Å². The molecule has 2 fully saturated rings. The molecular formula is C49H38N4. The minimum absolute atomic E-state index is 0.326. The molecule has 4 nitrogen and oxygen atoms in total. The van der Waals surface area contributed by atoms with E-state index in [0.29, 0.717) is 11.2 Å². The van der Waals surface area contributed by atoms with Crippen LogP contribution in [0.25, 0.3) is 78.6 Å². The highest BCUT2D eigenvalue weighted by Crippen LogP contribution is 2.55. The summed E-state index contributed by atoms with van der Waals surface area (Å²) >= 11 is 0. The van der Waals surface area contributed by atoms with Gasteiger partial charge in [-0.1, -0.05) is 140 Å². The number of rotatable bonds is 7. The second kappa shape index (κ2) is 13.1. The highest BCUT2D eigenvalue weighted by Gasteiger charge is 2.45. The summed E-state index contributed by atoms with van der Waals surface area (Å²) in [5.74, 6) is 2.28. The van der Waals surface area contributed by atoms with E-state index in [0.717, 1.165) is 67.9 Å². The molecule has 254 valence electrons. The summed E-state index contributed by atoms with van der Waals surface area (Å²) in [5, 5.41) is 2.35. The Morgan fingerprint density at radius 3 is 1.68 bits per heavy atom. The van der Waals surface area contributed by atoms with Crippen LogP contribution in [-0.2, 0) is 5.41 Å². The van der Waals surface area contributed by atoms with Crippen LogP contribution >= 0.6 is 0 Å². The van der Waals surface area contributed by atoms with Crippen LogP contribution in [0, 0.1) is 5.92 Å². The number of nitrogens with zero attached hydrogens (tertiary/aromatic N) is 4. The van der Waals surface area contributed by atoms with Crippen molar-refractivity contribution in [3.8, 4) is 67.8 Å². The van der Waals surface area contributed by atoms with Crippen molar-refractivity contribution in [3.63, 3.8) is 0 Å². The first-order valence-corrected chi connectivity index (χ1v) is 18.8. The Morgan fingerprint density at radius 1 is 0.415 bits per heavy atom. The number of aromatic nitrogens is 4. The van der Waals surface area contributed by atoms with Gasteiger partial charge in [-0.2, -0.15) is 0 Å². The van der Waals surface area contributed by atoms with Gasteiger partial charge in [0.2, 0.25) is 0 Å². The lowest BCUT2D eigenvalue weighted by atomic mass is 9.77. The van der Waals surface area contributed by atoms with Gasteiger partial charge in [0.1, 0.15) is 0 Å². The van der Waals surface area contributed by atoms with Gasteiger partial charge in [-0.15, -0.1) is 0 Å². The lowest BCUT2D eigenvalue weighted by Gasteiger charge is -2.27. The van der Waals surface area contributed by atoms with Gasteiger partial charge >= 0.3 is 0 Å². The molecule has 10 rings (SSSR count). The van der Waals surface area contributed by atoms with Crippen molar-refractivity contribution in [2.24, 2.45) is 5.92 Å². The fourth-order valence-electron chi connectivity index (χ4n) is 8.80. The lowest BCUT2D eigenvalue weighted by molar-refractivity contribution is 0.419. The monoisotopic (exact) mass is 682 g/mol. The van der Waals surface area contributed by atoms with Gasteiger partial charge in [-0.25, -0.2) is 19.9 Å². The number of hydrogen-bond donors (Lipinski definition) is 0. The Bertz CT molecular complexity index is 2600. The van der Waals surface area contributed by atoms with Gasteiger partial charge in [0.15, 0.2) is 11.6 Å². The van der Waals surface area contributed by atoms with E-state index in [1.54, 1.807) is 0 Å². The molecule has 2 aliphatic rings. The fourth-order valence-corrected chi connectivity index (χ4v) is 8.80. The summed E-state index contributed by atoms with van der Waals surface area (Å²) in [6, 6.07) is 57.5. The zero-order chi connectivity index (χ0) is 35.2. The number of benzene rings is 6. The van der Waals surface area contributed by atoms with Crippen molar-refractivity contribution < 1.29 is 0 Å². The smallest absolute Gasteiger partial charge is 0.160 e. The van der Waals surface area contributed by atoms with Gasteiger partial charge in [0.05, 0.1) is 22.8 Å². The van der Waals surface area contributed by atoms with Crippen LogP contribution in [-0.4, -0.2) is 19.9 Å². The maximum Gasteiger partial charge on any atom is 0.160 e. The van der Waals surface area contributed by atoms with Crippen molar-refractivity contribution in [1.29, 1.82) is 0 Å². The normalized spacial score (nSPS) is 17.7. The van der Waals surface area contributed by atoms with Gasteiger partial charge in [0.25, 0.3) is 0 Å². The molecule has 0 saturated heterocycles. The van der Waals surface area contributed by atoms with E-state index in [4.69, 9.17) is 19.9 Å². The van der Waals surface area contributed by atoms with Crippen LogP contribution in [0.1, 0.15) is 37.7 Å². The van der Waals surface area contributed by atoms with Gasteiger partial charge in [-0.05, 0) is 84.0 Å². The lowest BCUT2D eigenvalue weighted by Crippen LogP contribution is -2.19. The third-order valence-electron chi connectivity index (χ3n) is 11.5. The molecule has 0 atom stereocenters. The predicted molar refractivity (Wildman–Crippen MR) is 216 cm³/mol. The van der Waals surface area contributed by atoms with Crippen LogP contribution in [0.5, 0.6) is 0 Å². The van der Waals surface area contributed by atoms with Gasteiger partial charge in [-0.3, -0.25) is 0 Å². The molecular weight excluding hydrogens is 645 g/mol. The Hall–Kier alpha value is -6.26. The van der Waals surface area contributed by atoms with E-state index in [-0.39, 0.29) is 0 Å². The molecule has 2 aliphatic carbocycles. The molecule has 6 aromatic carbocycles. The minimum Gasteiger partial charge on any atom is -0.228 e. The van der Waals surface area contributed by atoms with Crippen molar-refractivity contribution in [2.45, 2.75) is 37.5 Å². The molecule has 4 heteroatoms. The molecule has 2 saturated carbocycles. The zero-order valence-corrected chi connectivity index (χ0v) is 29.5. The molecule has 0 spiro atoms. The number of hydrogen-bond acceptors (Lipinski definition) is 4. The van der Waals surface area contributed by atoms with Crippen molar-refractivity contribution in [1.82, 2.24) is 19.9 Å². The summed E-state index contributed by atoms with van der Waals surface area (Å²) < 4.78 is 0. The van der Waals surface area contributed by atoms with Gasteiger partial charge in [0, 0.05) is 33.4 Å². The number of fused-ring (bicyclic) bond motifs is 3. The van der Waals surface area contributed by atoms with Crippen molar-refractivity contribution >= 4 is 10.8 Å². The van der Waals surface area contributed by atoms with E-state index in [1.165, 1.54) is 48.4 Å². The second-order valence-electron chi connectivity index (χ2n) is 14.8. The first-order valence-electron chi connectivity index (χ1n) is 18.8. The molecule has 0 radical (unpaired) electrons. The highest BCUT2D eigenvalue weighted by atomic mass is 14.9. The summed E-state index contributed by atoms with van der Waals surface area (Å²) in [5.41, 5.74) is 11.6. The summed E-state index contributed by atoms with van der Waals surface area (Å²) in [4.78, 5) is 20.8. The van der Waals surface area contributed by atoms with Gasteiger partial charge < -0.3 is 0 Å². The summed E-state index contributed by atoms with van der Waals surface area (Å²) in [6.07, 6.45) is 6.64. The Kier molecular flexibility index (Phi) is 7.75. The Morgan fingerprint density at radius 2 is 0.943 bits per heavy atom. The van der Waals surface area contributed by atoms with Crippen LogP contribution in [0.2, 0.25) is 0 Å². The van der Waals surface area contributed by atoms with E-state index in [2.05, 4.69) is 140 Å². The quantitative estimate of drug-likeness (QED) is 0.168. The summed E-state index contributed by atoms with van der Waals surface area (Å²) in [7, 11) is 0. The van der Waals surface area contributed by atoms with E-state index < -0.39 is 0 Å². The Labute approximate surface area is 310 Å². The largest absolute Gasteiger partial charge is 0.228 e. The van der Waals surface area contributed by atoms with Crippen LogP contribution in [0.3, 0.4) is 0 Å². The fraction of sp³-hybridized carbons (Fsp3) is 0.143. The molecule has 0 N–H and O–H groups in total. The zero-order valence-electron chi connectivity index (χ0n) is 29.5. The molecule has 0 amide bonds. The minimum atomic E-state index is 0.326. The molecule has 2 aromatic heterocycles. The average molecular weight is 683 g/mol. The standard InChI is InChI=1S/C49H38N4/c1-3-13-35(14-4-1)43-31-46(42-23-11-17-34-12-7-8-22-41(34)42)53-48(50-43)39-20-9-18-37(28-39)44-30-45(52-47(51-44)36-15-5-2-6-16-36)38-19-10-21-40(29-38)49-26-24-33(32-49)25-27-49/h1-23,28-31,33H,24-27,32H2.